The number of ether oxygens (including phenoxy) is 2. The second-order valence-corrected chi connectivity index (χ2v) is 8.92. The molecule has 6 nitrogen and oxygen atoms in total. The number of halogens is 3. The van der Waals surface area contributed by atoms with Gasteiger partial charge in [0.05, 0.1) is 0 Å². The van der Waals surface area contributed by atoms with E-state index in [1.54, 1.807) is 24.3 Å². The summed E-state index contributed by atoms with van der Waals surface area (Å²) in [5.74, 6) is 0.160. The molecule has 9 heteroatoms. The van der Waals surface area contributed by atoms with E-state index in [1.807, 2.05) is 30.3 Å². The van der Waals surface area contributed by atoms with Gasteiger partial charge in [0.1, 0.15) is 25.0 Å². The van der Waals surface area contributed by atoms with Crippen LogP contribution in [0.3, 0.4) is 0 Å². The Hall–Kier alpha value is -2.91. The van der Waals surface area contributed by atoms with Crippen molar-refractivity contribution in [2.75, 3.05) is 32.8 Å². The average Bonchev–Trinajstić information content (AvgIpc) is 3.37. The molecule has 196 valence electrons. The number of amides is 1. The first kappa shape index (κ1) is 27.7. The molecule has 2 aromatic carbocycles. The van der Waals surface area contributed by atoms with Gasteiger partial charge in [-0.3, -0.25) is 9.59 Å². The highest BCUT2D eigenvalue weighted by Gasteiger charge is 2.28. The number of nitrogens with one attached hydrogen (secondary N) is 1. The Morgan fingerprint density at radius 3 is 2.33 bits per heavy atom. The second kappa shape index (κ2) is 14.0. The maximum atomic E-state index is 13.3. The number of carbonyl (C=O) groups is 2. The summed E-state index contributed by atoms with van der Waals surface area (Å²) in [6.07, 6.45) is -1.42. The lowest BCUT2D eigenvalue weighted by Gasteiger charge is -2.24. The summed E-state index contributed by atoms with van der Waals surface area (Å²) in [6, 6.07) is 15.9. The highest BCUT2D eigenvalue weighted by molar-refractivity contribution is 6.02. The number of carbonyl (C=O) groups excluding carboxylic acids is 2. The molecule has 0 saturated carbocycles. The van der Waals surface area contributed by atoms with Crippen LogP contribution >= 0.6 is 0 Å². The summed E-state index contributed by atoms with van der Waals surface area (Å²) in [5.41, 5.74) is 1.52. The smallest absolute Gasteiger partial charge is 0.411 e. The second-order valence-electron chi connectivity index (χ2n) is 8.92. The summed E-state index contributed by atoms with van der Waals surface area (Å²) in [6.45, 7) is 1.24. The maximum absolute atomic E-state index is 13.3. The third kappa shape index (κ3) is 9.99. The normalized spacial score (nSPS) is 15.0. The van der Waals surface area contributed by atoms with Crippen LogP contribution < -0.4 is 10.1 Å². The molecule has 2 aromatic rings. The fourth-order valence-corrected chi connectivity index (χ4v) is 4.02. The van der Waals surface area contributed by atoms with E-state index in [1.165, 1.54) is 0 Å². The highest BCUT2D eigenvalue weighted by Crippen LogP contribution is 2.17. The zero-order valence-corrected chi connectivity index (χ0v) is 20.3. The molecule has 1 atom stereocenters. The molecular weight excluding hydrogens is 473 g/mol. The van der Waals surface area contributed by atoms with E-state index in [0.717, 1.165) is 31.5 Å². The van der Waals surface area contributed by atoms with Gasteiger partial charge in [0, 0.05) is 25.1 Å². The topological polar surface area (TPSA) is 67.9 Å². The van der Waals surface area contributed by atoms with Crippen LogP contribution in [0, 0.1) is 0 Å². The maximum Gasteiger partial charge on any atom is 0.411 e. The van der Waals surface area contributed by atoms with Gasteiger partial charge in [-0.1, -0.05) is 30.3 Å². The van der Waals surface area contributed by atoms with Crippen LogP contribution in [0.4, 0.5) is 13.2 Å². The lowest BCUT2D eigenvalue weighted by Crippen LogP contribution is -2.48. The van der Waals surface area contributed by atoms with Crippen LogP contribution in [0.5, 0.6) is 5.75 Å². The average molecular weight is 507 g/mol. The number of likely N-dealkylation sites (tertiary alicyclic amines) is 1. The number of benzene rings is 2. The van der Waals surface area contributed by atoms with Crippen molar-refractivity contribution in [3.8, 4) is 5.75 Å². The van der Waals surface area contributed by atoms with E-state index in [9.17, 15) is 22.8 Å². The van der Waals surface area contributed by atoms with Gasteiger partial charge >= 0.3 is 6.18 Å². The molecule has 0 bridgehead atoms. The predicted octanol–water partition coefficient (Wildman–Crippen LogP) is 4.78. The van der Waals surface area contributed by atoms with Crippen molar-refractivity contribution in [3.63, 3.8) is 0 Å². The minimum absolute atomic E-state index is 0.0678. The summed E-state index contributed by atoms with van der Waals surface area (Å²) in [7, 11) is 0. The molecule has 0 spiro atoms. The van der Waals surface area contributed by atoms with Gasteiger partial charge < -0.3 is 19.7 Å². The van der Waals surface area contributed by atoms with Gasteiger partial charge in [0.25, 0.3) is 0 Å². The minimum Gasteiger partial charge on any atom is -0.489 e. The van der Waals surface area contributed by atoms with E-state index in [4.69, 9.17) is 4.74 Å². The van der Waals surface area contributed by atoms with Gasteiger partial charge in [0.2, 0.25) is 5.91 Å². The first-order chi connectivity index (χ1) is 17.3. The SMILES string of the molecule is O=C(CCCCOCC(F)(F)F)NC(CN1CCCC1)C(=O)c1ccc(OCc2ccccc2)cc1. The first-order valence-electron chi connectivity index (χ1n) is 12.3. The molecule has 1 amide bonds. The molecule has 1 fully saturated rings. The molecule has 0 aromatic heterocycles. The third-order valence-corrected chi connectivity index (χ3v) is 5.89. The van der Waals surface area contributed by atoms with Crippen LogP contribution in [0.15, 0.2) is 54.6 Å². The van der Waals surface area contributed by atoms with Crippen molar-refractivity contribution < 1.29 is 32.2 Å². The van der Waals surface area contributed by atoms with Crippen LogP contribution in [0.2, 0.25) is 0 Å². The number of rotatable bonds is 14. The molecule has 0 radical (unpaired) electrons. The van der Waals surface area contributed by atoms with Gasteiger partial charge in [-0.15, -0.1) is 0 Å². The van der Waals surface area contributed by atoms with E-state index >= 15 is 0 Å². The first-order valence-corrected chi connectivity index (χ1v) is 12.3. The predicted molar refractivity (Wildman–Crippen MR) is 130 cm³/mol. The molecule has 0 aliphatic carbocycles. The zero-order chi connectivity index (χ0) is 25.8. The van der Waals surface area contributed by atoms with Gasteiger partial charge in [-0.2, -0.15) is 13.2 Å². The molecule has 1 heterocycles. The van der Waals surface area contributed by atoms with Crippen molar-refractivity contribution in [1.29, 1.82) is 0 Å². The Morgan fingerprint density at radius 2 is 1.67 bits per heavy atom. The number of Topliss-reactive ketones (excluding diaryl/α,β-unsaturated/α-hetero) is 1. The van der Waals surface area contributed by atoms with Gasteiger partial charge in [-0.05, 0) is 68.6 Å². The van der Waals surface area contributed by atoms with Crippen LogP contribution in [-0.4, -0.2) is 61.7 Å². The molecule has 1 N–H and O–H groups in total. The van der Waals surface area contributed by atoms with E-state index in [2.05, 4.69) is 15.0 Å². The number of nitrogens with zero attached hydrogens (tertiary/aromatic N) is 1. The number of unbranched alkanes of at least 4 members (excludes halogenated alkanes) is 1. The lowest BCUT2D eigenvalue weighted by atomic mass is 10.0. The number of ketones is 1. The summed E-state index contributed by atoms with van der Waals surface area (Å²) >= 11 is 0. The number of hydrogen-bond acceptors (Lipinski definition) is 5. The molecule has 1 aliphatic rings. The van der Waals surface area contributed by atoms with Crippen molar-refractivity contribution >= 4 is 11.7 Å². The fourth-order valence-electron chi connectivity index (χ4n) is 4.02. The van der Waals surface area contributed by atoms with Crippen LogP contribution in [0.1, 0.15) is 48.0 Å². The van der Waals surface area contributed by atoms with Crippen LogP contribution in [0.25, 0.3) is 0 Å². The monoisotopic (exact) mass is 506 g/mol. The molecule has 36 heavy (non-hydrogen) atoms. The minimum atomic E-state index is -4.35. The molecule has 1 unspecified atom stereocenters. The van der Waals surface area contributed by atoms with Gasteiger partial charge in [0.15, 0.2) is 5.78 Å². The van der Waals surface area contributed by atoms with Crippen molar-refractivity contribution in [3.05, 3.63) is 65.7 Å². The number of hydrogen-bond donors (Lipinski definition) is 1. The van der Waals surface area contributed by atoms with Crippen molar-refractivity contribution in [2.24, 2.45) is 0 Å². The summed E-state index contributed by atoms with van der Waals surface area (Å²) < 4.78 is 46.7. The largest absolute Gasteiger partial charge is 0.489 e. The Balaban J connectivity index is 1.51. The fraction of sp³-hybridized carbons (Fsp3) is 0.481. The summed E-state index contributed by atoms with van der Waals surface area (Å²) in [4.78, 5) is 27.9. The van der Waals surface area contributed by atoms with Crippen molar-refractivity contribution in [1.82, 2.24) is 10.2 Å². The quantitative estimate of drug-likeness (QED) is 0.295. The highest BCUT2D eigenvalue weighted by atomic mass is 19.4. The van der Waals surface area contributed by atoms with E-state index in [0.29, 0.717) is 37.3 Å². The van der Waals surface area contributed by atoms with E-state index in [-0.39, 0.29) is 24.7 Å². The molecular formula is C27H33F3N2O4. The van der Waals surface area contributed by atoms with E-state index < -0.39 is 18.8 Å². The lowest BCUT2D eigenvalue weighted by molar-refractivity contribution is -0.174. The molecule has 1 saturated heterocycles. The summed E-state index contributed by atoms with van der Waals surface area (Å²) in [5, 5.41) is 2.84. The molecule has 1 aliphatic heterocycles. The Labute approximate surface area is 209 Å². The molecule has 3 rings (SSSR count). The van der Waals surface area contributed by atoms with Crippen molar-refractivity contribution in [2.45, 2.75) is 50.9 Å². The Morgan fingerprint density at radius 1 is 0.972 bits per heavy atom. The third-order valence-electron chi connectivity index (χ3n) is 5.89. The zero-order valence-electron chi connectivity index (χ0n) is 20.3. The van der Waals surface area contributed by atoms with Gasteiger partial charge in [-0.25, -0.2) is 0 Å². The van der Waals surface area contributed by atoms with Crippen LogP contribution in [-0.2, 0) is 16.1 Å². The number of alkyl halides is 3. The Kier molecular flexibility index (Phi) is 10.8. The standard InChI is InChI=1S/C27H33F3N2O4/c28-27(29,30)20-35-17-7-4-10-25(33)31-24(18-32-15-5-6-16-32)26(34)22-11-13-23(14-12-22)36-19-21-8-2-1-3-9-21/h1-3,8-9,11-14,24H,4-7,10,15-20H2,(H,31,33). The Bertz CT molecular complexity index is 946.